The van der Waals surface area contributed by atoms with Crippen molar-refractivity contribution in [3.05, 3.63) is 34.3 Å². The van der Waals surface area contributed by atoms with E-state index < -0.39 is 167 Å². The van der Waals surface area contributed by atoms with Gasteiger partial charge in [-0.15, -0.1) is 0 Å². The van der Waals surface area contributed by atoms with E-state index in [9.17, 15) is 46.7 Å². The van der Waals surface area contributed by atoms with Crippen molar-refractivity contribution < 1.29 is 75.4 Å². The molecule has 12 amide bonds. The summed E-state index contributed by atoms with van der Waals surface area (Å²) in [6, 6.07) is -5.90. The summed E-state index contributed by atoms with van der Waals surface area (Å²) in [6.45, 7) is 6.01. The first-order chi connectivity index (χ1) is 47.2. The van der Waals surface area contributed by atoms with E-state index in [-0.39, 0.29) is 76.0 Å². The van der Waals surface area contributed by atoms with Crippen LogP contribution in [0.4, 0.5) is 13.2 Å². The number of ether oxygens (including phenoxy) is 1. The number of hydrogen-bond donors (Lipinski definition) is 3. The molecule has 1 aromatic carbocycles. The molecule has 1 unspecified atom stereocenters. The van der Waals surface area contributed by atoms with Crippen LogP contribution in [-0.4, -0.2) is 264 Å². The minimum absolute atomic E-state index is 0.0152. The Morgan fingerprint density at radius 3 is 1.87 bits per heavy atom. The molecule has 0 aromatic heterocycles. The number of amides is 12. The Morgan fingerprint density at radius 1 is 0.640 bits per heavy atom. The van der Waals surface area contributed by atoms with Crippen LogP contribution in [0.3, 0.4) is 0 Å². The van der Waals surface area contributed by atoms with Crippen molar-refractivity contribution >= 4 is 82.5 Å². The van der Waals surface area contributed by atoms with Gasteiger partial charge in [-0.2, -0.15) is 13.2 Å². The van der Waals surface area contributed by atoms with Crippen molar-refractivity contribution in [2.24, 2.45) is 17.8 Å². The highest BCUT2D eigenvalue weighted by Gasteiger charge is 2.51. The van der Waals surface area contributed by atoms with Gasteiger partial charge in [-0.25, -0.2) is 0 Å². The predicted molar refractivity (Wildman–Crippen MR) is 366 cm³/mol. The molecule has 0 radical (unpaired) electrons. The lowest BCUT2D eigenvalue weighted by Gasteiger charge is -2.40. The quantitative estimate of drug-likeness (QED) is 0.234. The van der Waals surface area contributed by atoms with E-state index in [1.807, 2.05) is 20.8 Å². The van der Waals surface area contributed by atoms with Crippen molar-refractivity contribution in [1.29, 1.82) is 0 Å². The number of nitrogens with zero attached hydrogens (tertiary/aromatic N) is 9. The summed E-state index contributed by atoms with van der Waals surface area (Å²) < 4.78 is 47.8. The number of carbonyl (C=O) groups excluding carboxylic acids is 12. The molecule has 3 N–H and O–H groups in total. The van der Waals surface area contributed by atoms with Crippen LogP contribution in [0, 0.1) is 17.8 Å². The molecule has 25 nitrogen and oxygen atoms in total. The van der Waals surface area contributed by atoms with E-state index in [2.05, 4.69) is 16.0 Å². The Hall–Kier alpha value is -7.10. The van der Waals surface area contributed by atoms with Crippen molar-refractivity contribution in [2.75, 3.05) is 95.2 Å². The summed E-state index contributed by atoms with van der Waals surface area (Å²) >= 11 is 6.15. The Kier molecular flexibility index (Phi) is 28.6. The van der Waals surface area contributed by atoms with E-state index in [1.165, 1.54) is 75.0 Å². The molecular formula is C71H108ClF3N12O13. The molecule has 8 atom stereocenters. The molecular weight excluding hydrogens is 1320 g/mol. The Morgan fingerprint density at radius 2 is 1.26 bits per heavy atom. The fourth-order valence-electron chi connectivity index (χ4n) is 14.6. The molecule has 0 bridgehead atoms. The van der Waals surface area contributed by atoms with Crippen molar-refractivity contribution in [3.8, 4) is 0 Å². The molecule has 7 rings (SSSR count). The summed E-state index contributed by atoms with van der Waals surface area (Å²) in [4.78, 5) is 190. The third kappa shape index (κ3) is 20.6. The molecule has 558 valence electrons. The third-order valence-corrected chi connectivity index (χ3v) is 21.7. The molecule has 3 aliphatic carbocycles. The molecule has 1 spiro atoms. The smallest absolute Gasteiger partial charge is 0.376 e. The first-order valence-corrected chi connectivity index (χ1v) is 36.3. The highest BCUT2D eigenvalue weighted by molar-refractivity contribution is 6.31. The van der Waals surface area contributed by atoms with Crippen molar-refractivity contribution in [3.63, 3.8) is 0 Å². The number of fused-ring (bicyclic) bond motifs is 1. The van der Waals surface area contributed by atoms with E-state index in [0.717, 1.165) is 70.3 Å². The maximum atomic E-state index is 15.5. The molecule has 3 saturated carbocycles. The van der Waals surface area contributed by atoms with Crippen LogP contribution in [0.5, 0.6) is 0 Å². The minimum atomic E-state index is -4.76. The van der Waals surface area contributed by atoms with Crippen LogP contribution >= 0.6 is 11.6 Å². The first-order valence-electron chi connectivity index (χ1n) is 36.0. The topological polar surface area (TPSA) is 279 Å². The van der Waals surface area contributed by atoms with Gasteiger partial charge in [-0.3, -0.25) is 57.5 Å². The molecule has 3 aliphatic heterocycles. The third-order valence-electron chi connectivity index (χ3n) is 21.4. The Labute approximate surface area is 591 Å². The molecule has 6 aliphatic rings. The lowest BCUT2D eigenvalue weighted by molar-refractivity contribution is -0.157. The van der Waals surface area contributed by atoms with E-state index in [0.29, 0.717) is 70.0 Å². The normalized spacial score (nSPS) is 26.6. The van der Waals surface area contributed by atoms with Crippen LogP contribution in [0.15, 0.2) is 18.2 Å². The average molecular weight is 1430 g/mol. The van der Waals surface area contributed by atoms with E-state index in [4.69, 9.17) is 16.3 Å². The van der Waals surface area contributed by atoms with Crippen LogP contribution < -0.4 is 16.0 Å². The van der Waals surface area contributed by atoms with Crippen LogP contribution in [0.1, 0.15) is 174 Å². The number of carbonyl (C=O) groups is 12. The fourth-order valence-corrected chi connectivity index (χ4v) is 14.9. The predicted octanol–water partition coefficient (Wildman–Crippen LogP) is 5.02. The van der Waals surface area contributed by atoms with Gasteiger partial charge in [-0.05, 0) is 119 Å². The van der Waals surface area contributed by atoms with Crippen LogP contribution in [0.2, 0.25) is 5.02 Å². The summed E-state index contributed by atoms with van der Waals surface area (Å²) in [6.07, 6.45) is 4.44. The fraction of sp³-hybridized carbons (Fsp3) is 0.746. The van der Waals surface area contributed by atoms with Crippen molar-refractivity contribution in [1.82, 2.24) is 60.0 Å². The number of benzene rings is 1. The standard InChI is InChI=1S/C71H108ClF3N12O13/c1-12-45(4)61-68(98)81(7)41-59(90)79(5)42-60(91)83(9)54(38-46-22-15-13-16-23-46)65(95)80(6)40-57(88)76-51(30-26-47-25-29-49(50(72)37-47)71(73,74)75)64(94)87-35-21-24-52(87)63(93)78-70(31-17-18-32-70)69(99)85(11)56(43-100-48-27-28-48)66(96)84(10)55(67(97)86-33-19-14-20-34-86)39-58(89)82(8)53(36-44(2)3)62(92)77-61/h25,29,37,44-46,48,51-56,61H,12-24,26-28,30-36,38-43H2,1-11H3,(H,76,88)(H,77,92)(H,78,93)/t45-,51-,52?,53-,54-,55-,56-,61-/m0/s1. The summed E-state index contributed by atoms with van der Waals surface area (Å²) in [7, 11) is 9.79. The lowest BCUT2D eigenvalue weighted by Crippen LogP contribution is -2.65. The Bertz CT molecular complexity index is 3120. The second-order valence-electron chi connectivity index (χ2n) is 29.4. The maximum absolute atomic E-state index is 15.5. The van der Waals surface area contributed by atoms with Gasteiger partial charge in [0.1, 0.15) is 47.8 Å². The zero-order chi connectivity index (χ0) is 73.7. The van der Waals surface area contributed by atoms with Gasteiger partial charge in [0.25, 0.3) is 0 Å². The van der Waals surface area contributed by atoms with E-state index >= 15 is 24.0 Å². The minimum Gasteiger partial charge on any atom is -0.376 e. The number of hydrogen-bond acceptors (Lipinski definition) is 13. The van der Waals surface area contributed by atoms with Gasteiger partial charge in [0, 0.05) is 69.0 Å². The Balaban J connectivity index is 1.27. The van der Waals surface area contributed by atoms with Gasteiger partial charge >= 0.3 is 6.18 Å². The van der Waals surface area contributed by atoms with Crippen LogP contribution in [-0.2, 0) is 74.9 Å². The monoisotopic (exact) mass is 1430 g/mol. The van der Waals surface area contributed by atoms with Crippen molar-refractivity contribution in [2.45, 2.75) is 229 Å². The molecule has 3 heterocycles. The van der Waals surface area contributed by atoms with Gasteiger partial charge in [0.15, 0.2) is 0 Å². The van der Waals surface area contributed by atoms with Gasteiger partial charge in [-0.1, -0.05) is 96.7 Å². The summed E-state index contributed by atoms with van der Waals surface area (Å²) in [5.41, 5.74) is -2.40. The first kappa shape index (κ1) is 80.2. The summed E-state index contributed by atoms with van der Waals surface area (Å²) in [5.74, 6) is -8.74. The molecule has 3 saturated heterocycles. The average Bonchev–Trinajstić information content (AvgIpc) is 1.49. The highest BCUT2D eigenvalue weighted by Crippen LogP contribution is 2.37. The molecule has 1 aromatic rings. The number of piperidine rings is 1. The zero-order valence-corrected chi connectivity index (χ0v) is 61.2. The van der Waals surface area contributed by atoms with Crippen LogP contribution in [0.25, 0.3) is 0 Å². The maximum Gasteiger partial charge on any atom is 0.417 e. The van der Waals surface area contributed by atoms with Gasteiger partial charge < -0.3 is 64.8 Å². The number of aryl methyl sites for hydroxylation is 1. The number of likely N-dealkylation sites (N-methyl/N-ethyl adjacent to an activating group) is 7. The number of rotatable bonds is 13. The van der Waals surface area contributed by atoms with E-state index in [1.54, 1.807) is 11.8 Å². The largest absolute Gasteiger partial charge is 0.417 e. The SMILES string of the molecule is CC[C@H](C)[C@@H]1NC(=O)[C@H](CC(C)C)N(C)C(=O)C[C@@H](C(=O)N2CCCCC2)N(C)C(=O)[C@H](COC2CC2)N(C)C(=O)C2(CCCC2)NC(=O)C2CCCN2C(=O)[C@H](CCc2ccc(C(F)(F)F)c(Cl)c2)NC(=O)CN(C)C(=O)[C@H](CC2CCCCC2)N(C)C(=O)CN(C)C(=O)CN(C)C1=O. The number of nitrogens with one attached hydrogen (secondary N) is 3. The highest BCUT2D eigenvalue weighted by atomic mass is 35.5. The second kappa shape index (κ2) is 35.7. The number of likely N-dealkylation sites (tertiary alicyclic amines) is 1. The lowest BCUT2D eigenvalue weighted by atomic mass is 9.84. The molecule has 100 heavy (non-hydrogen) atoms. The summed E-state index contributed by atoms with van der Waals surface area (Å²) in [5, 5.41) is 8.08. The number of halogens is 4. The van der Waals surface area contributed by atoms with Gasteiger partial charge in [0.2, 0.25) is 70.9 Å². The molecule has 6 fully saturated rings. The number of alkyl halides is 3. The van der Waals surface area contributed by atoms with Gasteiger partial charge in [0.05, 0.1) is 49.4 Å². The molecule has 29 heteroatoms. The zero-order valence-electron chi connectivity index (χ0n) is 60.4. The second-order valence-corrected chi connectivity index (χ2v) is 29.8.